The molecule has 5 nitrogen and oxygen atoms in total. The number of benzene rings is 1. The van der Waals surface area contributed by atoms with E-state index in [1.54, 1.807) is 6.07 Å². The van der Waals surface area contributed by atoms with Crippen LogP contribution in [0.5, 0.6) is 0 Å². The summed E-state index contributed by atoms with van der Waals surface area (Å²) in [7, 11) is 0. The van der Waals surface area contributed by atoms with E-state index in [0.29, 0.717) is 37.0 Å². The highest BCUT2D eigenvalue weighted by molar-refractivity contribution is 5.92. The standard InChI is InChI=1S/C25H31N3O2/c1-17(2)12-13-23(29)28-15-20-14-27(25(30)22-11-7-8-18(3)26-22)16-21(20)24(28)19-9-5-4-6-10-19/h4-11,17,20-21,24H,12-16H2,1-3H3/t20-,21-,24+/m0/s1. The van der Waals surface area contributed by atoms with Gasteiger partial charge >= 0.3 is 0 Å². The van der Waals surface area contributed by atoms with Gasteiger partial charge in [-0.25, -0.2) is 4.98 Å². The number of carbonyl (C=O) groups is 2. The van der Waals surface area contributed by atoms with Crippen LogP contribution in [0.25, 0.3) is 0 Å². The maximum Gasteiger partial charge on any atom is 0.272 e. The van der Waals surface area contributed by atoms with Crippen molar-refractivity contribution in [2.45, 2.75) is 39.7 Å². The average Bonchev–Trinajstić information content (AvgIpc) is 3.30. The Bertz CT molecular complexity index is 912. The van der Waals surface area contributed by atoms with Gasteiger partial charge in [0.2, 0.25) is 5.91 Å². The number of likely N-dealkylation sites (tertiary alicyclic amines) is 2. The Balaban J connectivity index is 1.55. The highest BCUT2D eigenvalue weighted by Gasteiger charge is 2.50. The van der Waals surface area contributed by atoms with Crippen molar-refractivity contribution >= 4 is 11.8 Å². The summed E-state index contributed by atoms with van der Waals surface area (Å²) in [5.41, 5.74) is 2.53. The van der Waals surface area contributed by atoms with Crippen molar-refractivity contribution in [3.05, 3.63) is 65.5 Å². The first-order valence-electron chi connectivity index (χ1n) is 11.0. The molecular formula is C25H31N3O2. The third-order valence-corrected chi connectivity index (χ3v) is 6.46. The Labute approximate surface area is 179 Å². The van der Waals surface area contributed by atoms with Crippen LogP contribution < -0.4 is 0 Å². The molecule has 0 N–H and O–H groups in total. The Morgan fingerprint density at radius 1 is 1.03 bits per heavy atom. The molecule has 3 heterocycles. The van der Waals surface area contributed by atoms with Crippen molar-refractivity contribution in [1.29, 1.82) is 0 Å². The lowest BCUT2D eigenvalue weighted by atomic mass is 9.89. The number of hydrogen-bond donors (Lipinski definition) is 0. The Hall–Kier alpha value is -2.69. The van der Waals surface area contributed by atoms with Crippen LogP contribution in [0.4, 0.5) is 0 Å². The third kappa shape index (κ3) is 4.11. The van der Waals surface area contributed by atoms with Gasteiger partial charge in [0.25, 0.3) is 5.91 Å². The van der Waals surface area contributed by atoms with E-state index in [2.05, 4.69) is 35.9 Å². The lowest BCUT2D eigenvalue weighted by Gasteiger charge is -2.30. The van der Waals surface area contributed by atoms with Gasteiger partial charge in [0, 0.05) is 43.6 Å². The number of rotatable bonds is 5. The number of hydrogen-bond acceptors (Lipinski definition) is 3. The monoisotopic (exact) mass is 405 g/mol. The summed E-state index contributed by atoms with van der Waals surface area (Å²) < 4.78 is 0. The zero-order valence-electron chi connectivity index (χ0n) is 18.1. The van der Waals surface area contributed by atoms with Gasteiger partial charge in [0.05, 0.1) is 6.04 Å². The second kappa shape index (κ2) is 8.58. The fourth-order valence-corrected chi connectivity index (χ4v) is 4.92. The SMILES string of the molecule is Cc1cccc(C(=O)N2C[C@H]3CN(C(=O)CCC(C)C)[C@H](c4ccccc4)[C@H]3C2)n1. The van der Waals surface area contributed by atoms with Crippen LogP contribution in [0.1, 0.15) is 54.5 Å². The summed E-state index contributed by atoms with van der Waals surface area (Å²) in [6, 6.07) is 15.9. The molecule has 0 saturated carbocycles. The molecule has 30 heavy (non-hydrogen) atoms. The first-order chi connectivity index (χ1) is 14.4. The summed E-state index contributed by atoms with van der Waals surface area (Å²) in [6.07, 6.45) is 1.51. The molecule has 2 fully saturated rings. The topological polar surface area (TPSA) is 53.5 Å². The van der Waals surface area contributed by atoms with Crippen molar-refractivity contribution in [2.24, 2.45) is 17.8 Å². The van der Waals surface area contributed by atoms with Gasteiger partial charge in [-0.15, -0.1) is 0 Å². The molecule has 0 radical (unpaired) electrons. The predicted molar refractivity (Wildman–Crippen MR) is 117 cm³/mol. The Morgan fingerprint density at radius 3 is 2.50 bits per heavy atom. The number of pyridine rings is 1. The lowest BCUT2D eigenvalue weighted by Crippen LogP contribution is -2.37. The third-order valence-electron chi connectivity index (χ3n) is 6.46. The van der Waals surface area contributed by atoms with Gasteiger partial charge in [0.1, 0.15) is 5.69 Å². The molecule has 2 amide bonds. The minimum Gasteiger partial charge on any atom is -0.337 e. The van der Waals surface area contributed by atoms with Gasteiger partial charge in [0.15, 0.2) is 0 Å². The van der Waals surface area contributed by atoms with E-state index in [-0.39, 0.29) is 23.8 Å². The summed E-state index contributed by atoms with van der Waals surface area (Å²) in [4.78, 5) is 34.6. The van der Waals surface area contributed by atoms with Crippen molar-refractivity contribution in [2.75, 3.05) is 19.6 Å². The predicted octanol–water partition coefficient (Wildman–Crippen LogP) is 4.10. The maximum absolute atomic E-state index is 13.1. The van der Waals surface area contributed by atoms with Crippen LogP contribution in [0.3, 0.4) is 0 Å². The zero-order valence-corrected chi connectivity index (χ0v) is 18.1. The zero-order chi connectivity index (χ0) is 21.3. The number of aromatic nitrogens is 1. The number of amides is 2. The van der Waals surface area contributed by atoms with E-state index in [1.165, 1.54) is 5.56 Å². The van der Waals surface area contributed by atoms with Crippen LogP contribution in [-0.2, 0) is 4.79 Å². The molecular weight excluding hydrogens is 374 g/mol. The van der Waals surface area contributed by atoms with Gasteiger partial charge in [-0.3, -0.25) is 9.59 Å². The van der Waals surface area contributed by atoms with Gasteiger partial charge in [-0.05, 0) is 37.0 Å². The van der Waals surface area contributed by atoms with Crippen LogP contribution >= 0.6 is 0 Å². The molecule has 0 spiro atoms. The number of aryl methyl sites for hydroxylation is 1. The minimum atomic E-state index is -0.00223. The van der Waals surface area contributed by atoms with Gasteiger partial charge in [-0.1, -0.05) is 50.2 Å². The molecule has 4 rings (SSSR count). The minimum absolute atomic E-state index is 0.00223. The average molecular weight is 406 g/mol. The largest absolute Gasteiger partial charge is 0.337 e. The van der Waals surface area contributed by atoms with E-state index in [4.69, 9.17) is 0 Å². The summed E-state index contributed by atoms with van der Waals surface area (Å²) in [6.45, 7) is 8.31. The van der Waals surface area contributed by atoms with E-state index < -0.39 is 0 Å². The Kier molecular flexibility index (Phi) is 5.89. The smallest absolute Gasteiger partial charge is 0.272 e. The van der Waals surface area contributed by atoms with Crippen molar-refractivity contribution < 1.29 is 9.59 Å². The molecule has 2 aliphatic heterocycles. The molecule has 1 aromatic carbocycles. The van der Waals surface area contributed by atoms with Gasteiger partial charge < -0.3 is 9.80 Å². The highest BCUT2D eigenvalue weighted by atomic mass is 16.2. The van der Waals surface area contributed by atoms with Crippen molar-refractivity contribution in [3.63, 3.8) is 0 Å². The second-order valence-corrected chi connectivity index (χ2v) is 9.13. The first-order valence-corrected chi connectivity index (χ1v) is 11.0. The van der Waals surface area contributed by atoms with Crippen LogP contribution in [-0.4, -0.2) is 46.2 Å². The Morgan fingerprint density at radius 2 is 1.80 bits per heavy atom. The van der Waals surface area contributed by atoms with Crippen molar-refractivity contribution in [1.82, 2.24) is 14.8 Å². The van der Waals surface area contributed by atoms with E-state index in [9.17, 15) is 9.59 Å². The van der Waals surface area contributed by atoms with E-state index >= 15 is 0 Å². The van der Waals surface area contributed by atoms with Crippen LogP contribution in [0.2, 0.25) is 0 Å². The number of nitrogens with zero attached hydrogens (tertiary/aromatic N) is 3. The molecule has 0 unspecified atom stereocenters. The second-order valence-electron chi connectivity index (χ2n) is 9.13. The van der Waals surface area contributed by atoms with E-state index in [0.717, 1.165) is 18.7 Å². The fourth-order valence-electron chi connectivity index (χ4n) is 4.92. The molecule has 1 aromatic heterocycles. The first kappa shape index (κ1) is 20.6. The van der Waals surface area contributed by atoms with Gasteiger partial charge in [-0.2, -0.15) is 0 Å². The number of fused-ring (bicyclic) bond motifs is 1. The van der Waals surface area contributed by atoms with Crippen LogP contribution in [0.15, 0.2) is 48.5 Å². The summed E-state index contributed by atoms with van der Waals surface area (Å²) in [5.74, 6) is 1.33. The summed E-state index contributed by atoms with van der Waals surface area (Å²) >= 11 is 0. The van der Waals surface area contributed by atoms with Crippen molar-refractivity contribution in [3.8, 4) is 0 Å². The summed E-state index contributed by atoms with van der Waals surface area (Å²) in [5, 5.41) is 0. The molecule has 2 aromatic rings. The number of carbonyl (C=O) groups excluding carboxylic acids is 2. The van der Waals surface area contributed by atoms with E-state index in [1.807, 2.05) is 42.2 Å². The lowest BCUT2D eigenvalue weighted by molar-refractivity contribution is -0.133. The molecule has 2 aliphatic rings. The quantitative estimate of drug-likeness (QED) is 0.753. The molecule has 5 heteroatoms. The highest BCUT2D eigenvalue weighted by Crippen LogP contribution is 2.45. The molecule has 158 valence electrons. The molecule has 0 bridgehead atoms. The maximum atomic E-state index is 13.1. The van der Waals surface area contributed by atoms with Crippen LogP contribution in [0, 0.1) is 24.7 Å². The molecule has 0 aliphatic carbocycles. The molecule has 2 saturated heterocycles. The normalized spacial score (nSPS) is 23.1. The fraction of sp³-hybridized carbons (Fsp3) is 0.480. The molecule has 3 atom stereocenters.